The second-order valence-corrected chi connectivity index (χ2v) is 9.71. The molecule has 7 nitrogen and oxygen atoms in total. The number of aliphatic hydroxyl groups is 1. The van der Waals surface area contributed by atoms with E-state index in [1.807, 2.05) is 18.7 Å². The van der Waals surface area contributed by atoms with E-state index in [2.05, 4.69) is 9.89 Å². The lowest BCUT2D eigenvalue weighted by molar-refractivity contribution is -0.163. The van der Waals surface area contributed by atoms with E-state index >= 15 is 0 Å². The summed E-state index contributed by atoms with van der Waals surface area (Å²) in [6, 6.07) is -0.230. The molecule has 26 heavy (non-hydrogen) atoms. The van der Waals surface area contributed by atoms with Crippen LogP contribution in [0.25, 0.3) is 0 Å². The molecule has 2 N–H and O–H groups in total. The summed E-state index contributed by atoms with van der Waals surface area (Å²) >= 11 is 3.49. The highest BCUT2D eigenvalue weighted by Crippen LogP contribution is 2.51. The molecule has 0 radical (unpaired) electrons. The molecule has 4 atom stereocenters. The second kappa shape index (κ2) is 6.76. The van der Waals surface area contributed by atoms with Gasteiger partial charge < -0.3 is 20.0 Å². The number of likely N-dealkylation sites (tertiary alicyclic amines) is 1. The number of rotatable bonds is 4. The van der Waals surface area contributed by atoms with Gasteiger partial charge >= 0.3 is 5.97 Å². The Labute approximate surface area is 160 Å². The first kappa shape index (κ1) is 18.2. The first-order valence-electron chi connectivity index (χ1n) is 8.91. The molecule has 2 fully saturated rings. The number of aliphatic hydroxyl groups excluding tert-OH is 1. The molecule has 1 amide bonds. The van der Waals surface area contributed by atoms with Gasteiger partial charge in [0.1, 0.15) is 11.5 Å². The third kappa shape index (κ3) is 2.75. The van der Waals surface area contributed by atoms with Crippen LogP contribution in [0.3, 0.4) is 0 Å². The Balaban J connectivity index is 1.47. The van der Waals surface area contributed by atoms with Gasteiger partial charge in [-0.1, -0.05) is 6.92 Å². The van der Waals surface area contributed by atoms with E-state index in [0.29, 0.717) is 5.25 Å². The van der Waals surface area contributed by atoms with Gasteiger partial charge in [-0.05, 0) is 6.92 Å². The summed E-state index contributed by atoms with van der Waals surface area (Å²) in [6.45, 7) is 6.18. The predicted octanol–water partition coefficient (Wildman–Crippen LogP) is 0.703. The largest absolute Gasteiger partial charge is 0.477 e. The topological polar surface area (TPSA) is 93.4 Å². The summed E-state index contributed by atoms with van der Waals surface area (Å²) < 4.78 is 0. The number of nitrogens with zero attached hydrogens (tertiary/aromatic N) is 3. The van der Waals surface area contributed by atoms with Crippen molar-refractivity contribution in [2.45, 2.75) is 31.2 Å². The van der Waals surface area contributed by atoms with Crippen molar-refractivity contribution in [3.63, 3.8) is 0 Å². The summed E-state index contributed by atoms with van der Waals surface area (Å²) in [4.78, 5) is 33.2. The van der Waals surface area contributed by atoms with Gasteiger partial charge in [-0.15, -0.1) is 11.8 Å². The van der Waals surface area contributed by atoms with Crippen LogP contribution in [0.1, 0.15) is 13.8 Å². The van der Waals surface area contributed by atoms with Crippen molar-refractivity contribution in [2.75, 3.05) is 31.1 Å². The van der Waals surface area contributed by atoms with Crippen molar-refractivity contribution in [3.05, 3.63) is 10.6 Å². The predicted molar refractivity (Wildman–Crippen MR) is 102 cm³/mol. The molecule has 9 heteroatoms. The summed E-state index contributed by atoms with van der Waals surface area (Å²) in [7, 11) is 0. The molecule has 0 aromatic rings. The molecule has 4 rings (SSSR count). The van der Waals surface area contributed by atoms with E-state index in [-0.39, 0.29) is 23.6 Å². The van der Waals surface area contributed by atoms with Crippen LogP contribution in [-0.2, 0) is 9.59 Å². The number of hydrogen-bond donors (Lipinski definition) is 2. The summed E-state index contributed by atoms with van der Waals surface area (Å²) in [6.07, 6.45) is -0.758. The van der Waals surface area contributed by atoms with E-state index in [0.717, 1.165) is 41.9 Å². The van der Waals surface area contributed by atoms with E-state index < -0.39 is 18.0 Å². The van der Waals surface area contributed by atoms with Crippen molar-refractivity contribution < 1.29 is 19.8 Å². The Morgan fingerprint density at radius 3 is 2.73 bits per heavy atom. The van der Waals surface area contributed by atoms with Gasteiger partial charge in [0.2, 0.25) is 5.91 Å². The van der Waals surface area contributed by atoms with Crippen LogP contribution in [0.5, 0.6) is 0 Å². The third-order valence-corrected chi connectivity index (χ3v) is 7.96. The van der Waals surface area contributed by atoms with Crippen molar-refractivity contribution in [1.82, 2.24) is 9.80 Å². The van der Waals surface area contributed by atoms with Crippen molar-refractivity contribution in [1.29, 1.82) is 0 Å². The lowest BCUT2D eigenvalue weighted by atomic mass is 9.79. The van der Waals surface area contributed by atoms with Gasteiger partial charge in [0.15, 0.2) is 0 Å². The number of hydrogen-bond acceptors (Lipinski definition) is 7. The fraction of sp³-hybridized carbons (Fsp3) is 0.706. The first-order valence-corrected chi connectivity index (χ1v) is 10.9. The van der Waals surface area contributed by atoms with Crippen molar-refractivity contribution in [2.24, 2.45) is 16.8 Å². The number of carbonyl (C=O) groups excluding carboxylic acids is 1. The van der Waals surface area contributed by atoms with Gasteiger partial charge in [0.25, 0.3) is 0 Å². The number of aliphatic carboxylic acids is 1. The third-order valence-electron chi connectivity index (χ3n) is 5.58. The lowest BCUT2D eigenvalue weighted by Crippen LogP contribution is -2.63. The molecule has 0 bridgehead atoms. The molecule has 0 aliphatic carbocycles. The Morgan fingerprint density at radius 1 is 1.42 bits per heavy atom. The second-order valence-electron chi connectivity index (χ2n) is 7.27. The summed E-state index contributed by atoms with van der Waals surface area (Å²) in [5.41, 5.74) is 0.124. The van der Waals surface area contributed by atoms with Crippen molar-refractivity contribution in [3.8, 4) is 0 Å². The maximum Gasteiger partial charge on any atom is 0.353 e. The van der Waals surface area contributed by atoms with Crippen molar-refractivity contribution >= 4 is 41.2 Å². The molecule has 0 spiro atoms. The first-order chi connectivity index (χ1) is 12.4. The highest BCUT2D eigenvalue weighted by Gasteiger charge is 2.60. The molecule has 1 unspecified atom stereocenters. The number of amidine groups is 1. The Hall–Kier alpha value is -1.19. The number of carboxylic acids is 1. The molecule has 0 aromatic carbocycles. The maximum atomic E-state index is 12.4. The molecule has 4 aliphatic heterocycles. The number of fused-ring (bicyclic) bond motifs is 1. The fourth-order valence-electron chi connectivity index (χ4n) is 4.22. The molecule has 4 aliphatic rings. The maximum absolute atomic E-state index is 12.4. The number of thioether (sulfide) groups is 2. The Morgan fingerprint density at radius 2 is 2.15 bits per heavy atom. The van der Waals surface area contributed by atoms with Gasteiger partial charge in [-0.2, -0.15) is 11.8 Å². The van der Waals surface area contributed by atoms with Crippen LogP contribution in [0.4, 0.5) is 0 Å². The van der Waals surface area contributed by atoms with Gasteiger partial charge in [-0.3, -0.25) is 9.79 Å². The Bertz CT molecular complexity index is 702. The molecule has 142 valence electrons. The van der Waals surface area contributed by atoms with Crippen LogP contribution >= 0.6 is 23.5 Å². The zero-order valence-electron chi connectivity index (χ0n) is 14.8. The van der Waals surface area contributed by atoms with Crippen LogP contribution in [0, 0.1) is 11.8 Å². The highest BCUT2D eigenvalue weighted by molar-refractivity contribution is 8.03. The number of amides is 1. The average Bonchev–Trinajstić information content (AvgIpc) is 2.80. The van der Waals surface area contributed by atoms with Crippen LogP contribution in [0.15, 0.2) is 15.6 Å². The molecular weight excluding hydrogens is 374 g/mol. The zero-order chi connectivity index (χ0) is 18.6. The molecule has 4 heterocycles. The molecule has 0 saturated carbocycles. The molecular formula is C17H23N3O4S2. The highest BCUT2D eigenvalue weighted by atomic mass is 32.2. The number of β-lactam (4-membered cyclic amide) rings is 1. The zero-order valence-corrected chi connectivity index (χ0v) is 16.4. The van der Waals surface area contributed by atoms with Crippen LogP contribution in [-0.4, -0.2) is 86.3 Å². The normalized spacial score (nSPS) is 32.8. The molecule has 0 aromatic heterocycles. The number of carbonyl (C=O) groups is 2. The minimum atomic E-state index is -1.05. The van der Waals surface area contributed by atoms with E-state index in [4.69, 9.17) is 0 Å². The van der Waals surface area contributed by atoms with Crippen LogP contribution in [0.2, 0.25) is 0 Å². The lowest BCUT2D eigenvalue weighted by Gasteiger charge is -2.46. The quantitative estimate of drug-likeness (QED) is 0.675. The van der Waals surface area contributed by atoms with Crippen LogP contribution < -0.4 is 0 Å². The minimum absolute atomic E-state index is 0.0555. The van der Waals surface area contributed by atoms with E-state index in [1.54, 1.807) is 18.7 Å². The summed E-state index contributed by atoms with van der Waals surface area (Å²) in [5.74, 6) is 1.31. The fourth-order valence-corrected chi connectivity index (χ4v) is 6.56. The minimum Gasteiger partial charge on any atom is -0.477 e. The summed E-state index contributed by atoms with van der Waals surface area (Å²) in [5, 5.41) is 19.9. The van der Waals surface area contributed by atoms with Gasteiger partial charge in [0.05, 0.1) is 30.4 Å². The average molecular weight is 398 g/mol. The smallest absolute Gasteiger partial charge is 0.353 e. The SMILES string of the molecule is C[C@@H](O)C1C(=O)N2C(C(=O)O)=C(SC3CN(C4=NCCSC4)C3)[C@H](C)[C@H]12. The number of carboxylic acid groups (broad SMARTS) is 1. The standard InChI is InChI=1S/C17H23N3O4S2/c1-8-13-12(9(2)21)16(22)20(13)14(17(23)24)15(8)26-10-5-19(6-10)11-7-25-4-3-18-11/h8-10,12-13,21H,3-7H2,1-2H3,(H,23,24)/t8-,9-,12?,13-/m1/s1. The van der Waals surface area contributed by atoms with Gasteiger partial charge in [-0.25, -0.2) is 4.79 Å². The van der Waals surface area contributed by atoms with E-state index in [1.165, 1.54) is 4.90 Å². The monoisotopic (exact) mass is 397 g/mol. The number of aliphatic imine (C=N–C) groups is 1. The van der Waals surface area contributed by atoms with E-state index in [9.17, 15) is 19.8 Å². The Kier molecular flexibility index (Phi) is 4.73. The van der Waals surface area contributed by atoms with Gasteiger partial charge in [0, 0.05) is 34.9 Å². The molecule has 2 saturated heterocycles.